The summed E-state index contributed by atoms with van der Waals surface area (Å²) in [5.41, 5.74) is 2.35. The number of sulfonamides is 1. The van der Waals surface area contributed by atoms with Crippen LogP contribution in [0.2, 0.25) is 0 Å². The average molecular weight is 385 g/mol. The van der Waals surface area contributed by atoms with Crippen molar-refractivity contribution in [2.75, 3.05) is 16.6 Å². The number of rotatable bonds is 8. The molecule has 0 bridgehead atoms. The fourth-order valence-electron chi connectivity index (χ4n) is 2.68. The van der Waals surface area contributed by atoms with Crippen molar-refractivity contribution in [1.29, 1.82) is 0 Å². The number of nitrogens with one attached hydrogen (secondary N) is 2. The molecular weight excluding hydrogens is 360 g/mol. The lowest BCUT2D eigenvalue weighted by Crippen LogP contribution is -2.17. The molecule has 0 saturated heterocycles. The minimum absolute atomic E-state index is 0.194. The normalized spacial score (nSPS) is 11.5. The van der Waals surface area contributed by atoms with Crippen LogP contribution < -0.4 is 10.0 Å². The number of fused-ring (bicyclic) bond motifs is 1. The molecule has 142 valence electrons. The Morgan fingerprint density at radius 3 is 2.15 bits per heavy atom. The molecule has 27 heavy (non-hydrogen) atoms. The molecule has 0 saturated carbocycles. The van der Waals surface area contributed by atoms with Crippen molar-refractivity contribution >= 4 is 32.7 Å². The number of para-hydroxylation sites is 2. The average Bonchev–Trinajstić information content (AvgIpc) is 2.65. The summed E-state index contributed by atoms with van der Waals surface area (Å²) in [6.07, 6.45) is 3.19. The van der Waals surface area contributed by atoms with Gasteiger partial charge in [0.25, 0.3) is 10.0 Å². The van der Waals surface area contributed by atoms with E-state index in [0.717, 1.165) is 24.8 Å². The lowest BCUT2D eigenvalue weighted by molar-refractivity contribution is 0.601. The first kappa shape index (κ1) is 19.1. The second-order valence-corrected chi connectivity index (χ2v) is 8.14. The molecule has 0 aliphatic carbocycles. The number of benzene rings is 2. The first-order valence-electron chi connectivity index (χ1n) is 9.10. The van der Waals surface area contributed by atoms with Gasteiger partial charge in [0.2, 0.25) is 0 Å². The largest absolute Gasteiger partial charge is 0.367 e. The molecule has 0 unspecified atom stereocenters. The minimum Gasteiger partial charge on any atom is -0.367 e. The lowest BCUT2D eigenvalue weighted by Gasteiger charge is -2.14. The van der Waals surface area contributed by atoms with Crippen LogP contribution in [0.25, 0.3) is 11.0 Å². The van der Waals surface area contributed by atoms with Crippen LogP contribution >= 0.6 is 0 Å². The maximum absolute atomic E-state index is 12.8. The van der Waals surface area contributed by atoms with Gasteiger partial charge in [0.05, 0.1) is 15.9 Å². The van der Waals surface area contributed by atoms with E-state index in [2.05, 4.69) is 26.9 Å². The van der Waals surface area contributed by atoms with Crippen molar-refractivity contribution in [3.8, 4) is 0 Å². The van der Waals surface area contributed by atoms with E-state index in [1.807, 2.05) is 31.2 Å². The van der Waals surface area contributed by atoms with Crippen LogP contribution in [0.5, 0.6) is 0 Å². The van der Waals surface area contributed by atoms with E-state index in [1.54, 1.807) is 24.3 Å². The van der Waals surface area contributed by atoms with Gasteiger partial charge in [-0.05, 0) is 37.6 Å². The number of unbranched alkanes of at least 4 members (excludes halogenated alkanes) is 2. The van der Waals surface area contributed by atoms with Crippen LogP contribution in [0.1, 0.15) is 31.7 Å². The quantitative estimate of drug-likeness (QED) is 0.564. The maximum Gasteiger partial charge on any atom is 0.263 e. The molecule has 1 aromatic heterocycles. The molecule has 0 aliphatic heterocycles. The van der Waals surface area contributed by atoms with Crippen LogP contribution in [0.3, 0.4) is 0 Å². The van der Waals surface area contributed by atoms with Gasteiger partial charge in [-0.1, -0.05) is 49.6 Å². The van der Waals surface area contributed by atoms with Gasteiger partial charge >= 0.3 is 0 Å². The molecule has 3 rings (SSSR count). The second kappa shape index (κ2) is 8.35. The third kappa shape index (κ3) is 4.74. The van der Waals surface area contributed by atoms with E-state index < -0.39 is 10.0 Å². The summed E-state index contributed by atoms with van der Waals surface area (Å²) in [7, 11) is -3.75. The molecule has 1 heterocycles. The Bertz CT molecular complexity index is 1020. The van der Waals surface area contributed by atoms with Crippen molar-refractivity contribution in [2.45, 2.75) is 38.0 Å². The maximum atomic E-state index is 12.8. The van der Waals surface area contributed by atoms with Gasteiger partial charge in [-0.25, -0.2) is 18.4 Å². The van der Waals surface area contributed by atoms with Gasteiger partial charge in [0.1, 0.15) is 0 Å². The van der Waals surface area contributed by atoms with Crippen LogP contribution in [0.15, 0.2) is 53.4 Å². The van der Waals surface area contributed by atoms with Crippen LogP contribution in [0, 0.1) is 6.92 Å². The summed E-state index contributed by atoms with van der Waals surface area (Å²) >= 11 is 0. The predicted octanol–water partition coefficient (Wildman–Crippen LogP) is 4.34. The van der Waals surface area contributed by atoms with Crippen LogP contribution in [0.4, 0.5) is 11.6 Å². The Labute approximate surface area is 160 Å². The van der Waals surface area contributed by atoms with E-state index in [9.17, 15) is 8.42 Å². The molecule has 2 aromatic carbocycles. The molecule has 0 amide bonds. The van der Waals surface area contributed by atoms with Crippen molar-refractivity contribution in [2.24, 2.45) is 0 Å². The highest BCUT2D eigenvalue weighted by Gasteiger charge is 2.18. The standard InChI is InChI=1S/C20H24N4O2S/c1-3-4-7-14-21-19-20(23-18-9-6-5-8-17(18)22-19)24-27(25,26)16-12-10-15(2)11-13-16/h5-6,8-13H,3-4,7,14H2,1-2H3,(H,21,22)(H,23,24). The molecule has 0 spiro atoms. The molecule has 6 nitrogen and oxygen atoms in total. The Balaban J connectivity index is 1.94. The highest BCUT2D eigenvalue weighted by atomic mass is 32.2. The van der Waals surface area contributed by atoms with E-state index in [0.29, 0.717) is 23.4 Å². The Kier molecular flexibility index (Phi) is 5.91. The third-order valence-corrected chi connectivity index (χ3v) is 5.56. The SMILES string of the molecule is CCCCCNc1nc2ccccc2nc1NS(=O)(=O)c1ccc(C)cc1. The molecule has 0 atom stereocenters. The summed E-state index contributed by atoms with van der Waals surface area (Å²) in [4.78, 5) is 9.25. The molecule has 3 aromatic rings. The van der Waals surface area contributed by atoms with Gasteiger partial charge in [-0.15, -0.1) is 0 Å². The van der Waals surface area contributed by atoms with E-state index in [4.69, 9.17) is 0 Å². The summed E-state index contributed by atoms with van der Waals surface area (Å²) in [5, 5.41) is 3.22. The number of hydrogen-bond acceptors (Lipinski definition) is 5. The van der Waals surface area contributed by atoms with E-state index in [1.165, 1.54) is 0 Å². The summed E-state index contributed by atoms with van der Waals surface area (Å²) in [5.74, 6) is 0.659. The van der Waals surface area contributed by atoms with Gasteiger partial charge in [-0.2, -0.15) is 0 Å². The molecule has 0 radical (unpaired) electrons. The smallest absolute Gasteiger partial charge is 0.263 e. The number of nitrogens with zero attached hydrogens (tertiary/aromatic N) is 2. The van der Waals surface area contributed by atoms with Crippen molar-refractivity contribution in [3.63, 3.8) is 0 Å². The Hall–Kier alpha value is -2.67. The lowest BCUT2D eigenvalue weighted by atomic mass is 10.2. The minimum atomic E-state index is -3.75. The predicted molar refractivity (Wildman–Crippen MR) is 110 cm³/mol. The van der Waals surface area contributed by atoms with Gasteiger partial charge in [0, 0.05) is 6.54 Å². The highest BCUT2D eigenvalue weighted by Crippen LogP contribution is 2.24. The topological polar surface area (TPSA) is 84.0 Å². The molecule has 2 N–H and O–H groups in total. The van der Waals surface area contributed by atoms with Crippen molar-refractivity contribution in [3.05, 3.63) is 54.1 Å². The van der Waals surface area contributed by atoms with Crippen LogP contribution in [-0.4, -0.2) is 24.9 Å². The van der Waals surface area contributed by atoms with Gasteiger partial charge < -0.3 is 5.32 Å². The number of anilines is 2. The fourth-order valence-corrected chi connectivity index (χ4v) is 3.69. The third-order valence-electron chi connectivity index (χ3n) is 4.21. The zero-order valence-corrected chi connectivity index (χ0v) is 16.4. The van der Waals surface area contributed by atoms with Crippen molar-refractivity contribution < 1.29 is 8.42 Å². The summed E-state index contributed by atoms with van der Waals surface area (Å²) in [6, 6.07) is 14.1. The number of aryl methyl sites for hydroxylation is 1. The first-order chi connectivity index (χ1) is 13.0. The van der Waals surface area contributed by atoms with E-state index in [-0.39, 0.29) is 10.7 Å². The fraction of sp³-hybridized carbons (Fsp3) is 0.300. The molecule has 0 aliphatic rings. The van der Waals surface area contributed by atoms with Gasteiger partial charge in [0.15, 0.2) is 11.6 Å². The Morgan fingerprint density at radius 2 is 1.52 bits per heavy atom. The molecule has 0 fully saturated rings. The second-order valence-electron chi connectivity index (χ2n) is 6.46. The number of hydrogen-bond donors (Lipinski definition) is 2. The monoisotopic (exact) mass is 384 g/mol. The highest BCUT2D eigenvalue weighted by molar-refractivity contribution is 7.92. The zero-order valence-electron chi connectivity index (χ0n) is 15.6. The first-order valence-corrected chi connectivity index (χ1v) is 10.6. The molecular formula is C20H24N4O2S. The van der Waals surface area contributed by atoms with Crippen molar-refractivity contribution in [1.82, 2.24) is 9.97 Å². The zero-order chi connectivity index (χ0) is 19.3. The van der Waals surface area contributed by atoms with Crippen LogP contribution in [-0.2, 0) is 10.0 Å². The summed E-state index contributed by atoms with van der Waals surface area (Å²) < 4.78 is 28.1. The Morgan fingerprint density at radius 1 is 0.889 bits per heavy atom. The van der Waals surface area contributed by atoms with E-state index >= 15 is 0 Å². The number of aromatic nitrogens is 2. The van der Waals surface area contributed by atoms with Gasteiger partial charge in [-0.3, -0.25) is 4.72 Å². The summed E-state index contributed by atoms with van der Waals surface area (Å²) in [6.45, 7) is 4.76. The molecule has 7 heteroatoms.